The lowest BCUT2D eigenvalue weighted by atomic mass is 9.75. The average molecular weight is 332 g/mol. The predicted molar refractivity (Wildman–Crippen MR) is 87.4 cm³/mol. The quantitative estimate of drug-likeness (QED) is 0.775. The van der Waals surface area contributed by atoms with Crippen LogP contribution in [0.1, 0.15) is 18.4 Å². The van der Waals surface area contributed by atoms with E-state index in [-0.39, 0.29) is 5.41 Å². The molecule has 1 heterocycles. The maximum absolute atomic E-state index is 6.35. The van der Waals surface area contributed by atoms with Crippen molar-refractivity contribution in [1.82, 2.24) is 5.32 Å². The summed E-state index contributed by atoms with van der Waals surface area (Å²) in [5.74, 6) is 0. The summed E-state index contributed by atoms with van der Waals surface area (Å²) in [6, 6.07) is 5.87. The summed E-state index contributed by atoms with van der Waals surface area (Å²) in [7, 11) is 1.72. The van der Waals surface area contributed by atoms with Crippen LogP contribution in [0, 0.1) is 5.41 Å². The molecule has 1 saturated heterocycles. The van der Waals surface area contributed by atoms with Crippen LogP contribution in [-0.2, 0) is 15.9 Å². The largest absolute Gasteiger partial charge is 0.383 e. The lowest BCUT2D eigenvalue weighted by Gasteiger charge is -2.38. The first kappa shape index (κ1) is 17.0. The fraction of sp³-hybridized carbons (Fsp3) is 0.625. The molecule has 3 nitrogen and oxygen atoms in total. The Morgan fingerprint density at radius 2 is 2.05 bits per heavy atom. The minimum Gasteiger partial charge on any atom is -0.383 e. The fourth-order valence-electron chi connectivity index (χ4n) is 2.84. The summed E-state index contributed by atoms with van der Waals surface area (Å²) in [4.78, 5) is 0. The Balaban J connectivity index is 2.06. The molecule has 118 valence electrons. The van der Waals surface area contributed by atoms with E-state index in [1.165, 1.54) is 0 Å². The number of hydrogen-bond donors (Lipinski definition) is 1. The van der Waals surface area contributed by atoms with E-state index >= 15 is 0 Å². The lowest BCUT2D eigenvalue weighted by molar-refractivity contribution is 0.0143. The van der Waals surface area contributed by atoms with Gasteiger partial charge in [-0.05, 0) is 36.3 Å². The summed E-state index contributed by atoms with van der Waals surface area (Å²) < 4.78 is 10.6. The molecule has 1 aromatic carbocycles. The van der Waals surface area contributed by atoms with E-state index in [1.807, 2.05) is 12.1 Å². The SMILES string of the molecule is COCCNCC1(Cc2cccc(Cl)c2Cl)CCOCC1. The van der Waals surface area contributed by atoms with E-state index in [0.29, 0.717) is 10.0 Å². The topological polar surface area (TPSA) is 30.5 Å². The van der Waals surface area contributed by atoms with Crippen LogP contribution in [0.4, 0.5) is 0 Å². The molecule has 0 aromatic heterocycles. The van der Waals surface area contributed by atoms with E-state index in [4.69, 9.17) is 32.7 Å². The van der Waals surface area contributed by atoms with E-state index in [2.05, 4.69) is 11.4 Å². The van der Waals surface area contributed by atoms with E-state index in [1.54, 1.807) is 7.11 Å². The van der Waals surface area contributed by atoms with Gasteiger partial charge in [0.05, 0.1) is 16.7 Å². The molecule has 1 N–H and O–H groups in total. The van der Waals surface area contributed by atoms with Crippen LogP contribution in [0.25, 0.3) is 0 Å². The van der Waals surface area contributed by atoms with Crippen molar-refractivity contribution in [3.05, 3.63) is 33.8 Å². The highest BCUT2D eigenvalue weighted by molar-refractivity contribution is 6.42. The Morgan fingerprint density at radius 3 is 2.76 bits per heavy atom. The van der Waals surface area contributed by atoms with Crippen LogP contribution in [0.5, 0.6) is 0 Å². The number of nitrogens with one attached hydrogen (secondary N) is 1. The van der Waals surface area contributed by atoms with Crippen molar-refractivity contribution in [2.75, 3.05) is 40.0 Å². The number of halogens is 2. The van der Waals surface area contributed by atoms with E-state index in [0.717, 1.165) is 57.7 Å². The van der Waals surface area contributed by atoms with Crippen LogP contribution >= 0.6 is 23.2 Å². The highest BCUT2D eigenvalue weighted by Crippen LogP contribution is 2.37. The Labute approximate surface area is 136 Å². The molecule has 0 amide bonds. The van der Waals surface area contributed by atoms with Gasteiger partial charge in [-0.3, -0.25) is 0 Å². The Bertz CT molecular complexity index is 448. The maximum Gasteiger partial charge on any atom is 0.0624 e. The minimum atomic E-state index is 0.181. The molecule has 0 bridgehead atoms. The average Bonchev–Trinajstić information content (AvgIpc) is 2.50. The third-order valence-corrected chi connectivity index (χ3v) is 4.99. The van der Waals surface area contributed by atoms with Crippen LogP contribution in [0.15, 0.2) is 18.2 Å². The number of methoxy groups -OCH3 is 1. The van der Waals surface area contributed by atoms with Crippen molar-refractivity contribution < 1.29 is 9.47 Å². The first-order valence-corrected chi connectivity index (χ1v) is 8.13. The van der Waals surface area contributed by atoms with Gasteiger partial charge < -0.3 is 14.8 Å². The van der Waals surface area contributed by atoms with Crippen molar-refractivity contribution in [2.45, 2.75) is 19.3 Å². The second kappa shape index (κ2) is 8.35. The number of hydrogen-bond acceptors (Lipinski definition) is 3. The normalized spacial score (nSPS) is 17.9. The molecule has 0 saturated carbocycles. The van der Waals surface area contributed by atoms with Gasteiger partial charge in [-0.1, -0.05) is 35.3 Å². The zero-order valence-corrected chi connectivity index (χ0v) is 14.0. The van der Waals surface area contributed by atoms with Gasteiger partial charge in [0, 0.05) is 33.4 Å². The molecular weight excluding hydrogens is 309 g/mol. The number of rotatable bonds is 7. The molecule has 1 aromatic rings. The third-order valence-electron chi connectivity index (χ3n) is 4.13. The molecule has 0 aliphatic carbocycles. The molecule has 5 heteroatoms. The summed E-state index contributed by atoms with van der Waals surface area (Å²) in [5, 5.41) is 4.81. The fourth-order valence-corrected chi connectivity index (χ4v) is 3.22. The molecule has 0 spiro atoms. The number of ether oxygens (including phenoxy) is 2. The van der Waals surface area contributed by atoms with Crippen LogP contribution in [0.3, 0.4) is 0 Å². The highest BCUT2D eigenvalue weighted by atomic mass is 35.5. The van der Waals surface area contributed by atoms with Crippen molar-refractivity contribution in [3.8, 4) is 0 Å². The zero-order chi connectivity index (χ0) is 15.1. The van der Waals surface area contributed by atoms with Gasteiger partial charge in [0.2, 0.25) is 0 Å². The molecule has 1 aliphatic rings. The first-order chi connectivity index (χ1) is 10.2. The molecule has 1 aliphatic heterocycles. The van der Waals surface area contributed by atoms with Gasteiger partial charge in [0.25, 0.3) is 0 Å². The smallest absolute Gasteiger partial charge is 0.0624 e. The molecule has 2 rings (SSSR count). The van der Waals surface area contributed by atoms with Gasteiger partial charge in [-0.2, -0.15) is 0 Å². The van der Waals surface area contributed by atoms with Crippen LogP contribution in [-0.4, -0.2) is 40.0 Å². The predicted octanol–water partition coefficient (Wildman–Crippen LogP) is 3.57. The Kier molecular flexibility index (Phi) is 6.77. The summed E-state index contributed by atoms with van der Waals surface area (Å²) in [6.07, 6.45) is 3.00. The first-order valence-electron chi connectivity index (χ1n) is 7.37. The Morgan fingerprint density at radius 1 is 1.29 bits per heavy atom. The minimum absolute atomic E-state index is 0.181. The van der Waals surface area contributed by atoms with Gasteiger partial charge in [0.1, 0.15) is 0 Å². The van der Waals surface area contributed by atoms with Crippen molar-refractivity contribution in [2.24, 2.45) is 5.41 Å². The van der Waals surface area contributed by atoms with Gasteiger partial charge in [0.15, 0.2) is 0 Å². The molecule has 0 radical (unpaired) electrons. The Hall–Kier alpha value is -0.320. The molecular formula is C16H23Cl2NO2. The van der Waals surface area contributed by atoms with Crippen molar-refractivity contribution in [1.29, 1.82) is 0 Å². The maximum atomic E-state index is 6.35. The van der Waals surface area contributed by atoms with Crippen molar-refractivity contribution in [3.63, 3.8) is 0 Å². The molecule has 21 heavy (non-hydrogen) atoms. The van der Waals surface area contributed by atoms with Gasteiger partial charge in [-0.15, -0.1) is 0 Å². The van der Waals surface area contributed by atoms with Crippen molar-refractivity contribution >= 4 is 23.2 Å². The zero-order valence-electron chi connectivity index (χ0n) is 12.5. The van der Waals surface area contributed by atoms with Crippen LogP contribution < -0.4 is 5.32 Å². The summed E-state index contributed by atoms with van der Waals surface area (Å²) in [6.45, 7) is 4.16. The standard InChI is InChI=1S/C16H23Cl2NO2/c1-20-10-7-19-12-16(5-8-21-9-6-16)11-13-3-2-4-14(17)15(13)18/h2-4,19H,5-12H2,1H3. The molecule has 1 fully saturated rings. The summed E-state index contributed by atoms with van der Waals surface area (Å²) >= 11 is 12.5. The summed E-state index contributed by atoms with van der Waals surface area (Å²) in [5.41, 5.74) is 1.31. The monoisotopic (exact) mass is 331 g/mol. The van der Waals surface area contributed by atoms with E-state index in [9.17, 15) is 0 Å². The second-order valence-corrected chi connectivity index (χ2v) is 6.46. The van der Waals surface area contributed by atoms with Gasteiger partial charge in [-0.25, -0.2) is 0 Å². The van der Waals surface area contributed by atoms with Gasteiger partial charge >= 0.3 is 0 Å². The number of benzene rings is 1. The second-order valence-electron chi connectivity index (χ2n) is 5.67. The molecule has 0 unspecified atom stereocenters. The van der Waals surface area contributed by atoms with Crippen LogP contribution in [0.2, 0.25) is 10.0 Å². The highest BCUT2D eigenvalue weighted by Gasteiger charge is 2.33. The third kappa shape index (κ3) is 4.83. The van der Waals surface area contributed by atoms with E-state index < -0.39 is 0 Å². The lowest BCUT2D eigenvalue weighted by Crippen LogP contribution is -2.41. The molecule has 0 atom stereocenters.